The summed E-state index contributed by atoms with van der Waals surface area (Å²) in [5.74, 6) is -0.687. The number of para-hydroxylation sites is 1. The summed E-state index contributed by atoms with van der Waals surface area (Å²) in [4.78, 5) is 24.5. The van der Waals surface area contributed by atoms with Gasteiger partial charge in [-0.2, -0.15) is 0 Å². The predicted molar refractivity (Wildman–Crippen MR) is 90.2 cm³/mol. The molecule has 0 saturated heterocycles. The molecule has 0 aromatic heterocycles. The van der Waals surface area contributed by atoms with Gasteiger partial charge in [0.05, 0.1) is 5.92 Å². The van der Waals surface area contributed by atoms with E-state index in [0.29, 0.717) is 13.0 Å². The van der Waals surface area contributed by atoms with Crippen LogP contribution in [0.1, 0.15) is 51.0 Å². The Morgan fingerprint density at radius 2 is 2.04 bits per heavy atom. The third-order valence-corrected chi connectivity index (χ3v) is 5.10. The average Bonchev–Trinajstić information content (AvgIpc) is 2.57. The molecule has 0 fully saturated rings. The highest BCUT2D eigenvalue weighted by molar-refractivity contribution is 6.01. The Morgan fingerprint density at radius 3 is 2.70 bits per heavy atom. The topological polar surface area (TPSA) is 78.4 Å². The smallest absolute Gasteiger partial charge is 0.228 e. The van der Waals surface area contributed by atoms with E-state index in [9.17, 15) is 14.7 Å². The Morgan fingerprint density at radius 1 is 1.35 bits per heavy atom. The number of anilines is 1. The fraction of sp³-hybridized carbons (Fsp3) is 0.556. The van der Waals surface area contributed by atoms with Crippen LogP contribution >= 0.6 is 0 Å². The summed E-state index contributed by atoms with van der Waals surface area (Å²) in [6.45, 7) is 4.80. The Kier molecular flexibility index (Phi) is 5.77. The predicted octanol–water partition coefficient (Wildman–Crippen LogP) is 2.42. The molecular formula is C18H26N2O3. The average molecular weight is 318 g/mol. The van der Waals surface area contributed by atoms with E-state index in [1.54, 1.807) is 0 Å². The monoisotopic (exact) mass is 318 g/mol. The van der Waals surface area contributed by atoms with Crippen molar-refractivity contribution in [3.05, 3.63) is 29.8 Å². The van der Waals surface area contributed by atoms with Crippen LogP contribution in [0.2, 0.25) is 0 Å². The molecule has 0 spiro atoms. The van der Waals surface area contributed by atoms with E-state index >= 15 is 0 Å². The van der Waals surface area contributed by atoms with Gasteiger partial charge < -0.3 is 15.7 Å². The highest BCUT2D eigenvalue weighted by Gasteiger charge is 2.32. The number of rotatable bonds is 7. The molecule has 1 aromatic carbocycles. The maximum absolute atomic E-state index is 12.6. The summed E-state index contributed by atoms with van der Waals surface area (Å²) in [6.07, 6.45) is 2.63. The highest BCUT2D eigenvalue weighted by Crippen LogP contribution is 2.33. The molecule has 2 rings (SSSR count). The molecule has 1 aromatic rings. The quantitative estimate of drug-likeness (QED) is 0.722. The summed E-state index contributed by atoms with van der Waals surface area (Å²) in [5, 5.41) is 15.1. The van der Waals surface area contributed by atoms with Crippen molar-refractivity contribution in [2.45, 2.75) is 45.4 Å². The first kappa shape index (κ1) is 17.5. The van der Waals surface area contributed by atoms with Gasteiger partial charge in [-0.05, 0) is 36.3 Å². The zero-order valence-electron chi connectivity index (χ0n) is 13.9. The van der Waals surface area contributed by atoms with E-state index in [4.69, 9.17) is 0 Å². The second kappa shape index (κ2) is 7.59. The molecule has 1 unspecified atom stereocenters. The van der Waals surface area contributed by atoms with Crippen molar-refractivity contribution < 1.29 is 14.7 Å². The number of amides is 2. The number of carbonyl (C=O) groups excluding carboxylic acids is 2. The first-order chi connectivity index (χ1) is 11.0. The third-order valence-electron chi connectivity index (χ3n) is 5.10. The lowest BCUT2D eigenvalue weighted by atomic mass is 9.79. The van der Waals surface area contributed by atoms with Crippen LogP contribution in [0.4, 0.5) is 5.69 Å². The maximum Gasteiger partial charge on any atom is 0.228 e. The maximum atomic E-state index is 12.6. The Labute approximate surface area is 137 Å². The first-order valence-corrected chi connectivity index (χ1v) is 8.32. The van der Waals surface area contributed by atoms with Gasteiger partial charge >= 0.3 is 0 Å². The van der Waals surface area contributed by atoms with Gasteiger partial charge in [0.15, 0.2) is 0 Å². The van der Waals surface area contributed by atoms with Crippen LogP contribution in [0.5, 0.6) is 0 Å². The van der Waals surface area contributed by atoms with Crippen LogP contribution < -0.4 is 10.6 Å². The van der Waals surface area contributed by atoms with E-state index < -0.39 is 5.92 Å². The Bertz CT molecular complexity index is 567. The Balaban J connectivity index is 2.10. The van der Waals surface area contributed by atoms with E-state index in [-0.39, 0.29) is 30.3 Å². The normalized spacial score (nSPS) is 17.3. The minimum atomic E-state index is -0.444. The van der Waals surface area contributed by atoms with Crippen LogP contribution in [0, 0.1) is 5.41 Å². The number of fused-ring (bicyclic) bond motifs is 1. The van der Waals surface area contributed by atoms with Crippen molar-refractivity contribution in [3.63, 3.8) is 0 Å². The summed E-state index contributed by atoms with van der Waals surface area (Å²) < 4.78 is 0. The molecule has 1 heterocycles. The van der Waals surface area contributed by atoms with Crippen LogP contribution in [-0.2, 0) is 9.59 Å². The van der Waals surface area contributed by atoms with Crippen molar-refractivity contribution >= 4 is 17.5 Å². The van der Waals surface area contributed by atoms with Gasteiger partial charge in [0.25, 0.3) is 0 Å². The van der Waals surface area contributed by atoms with Gasteiger partial charge in [-0.25, -0.2) is 0 Å². The number of benzene rings is 1. The molecule has 2 amide bonds. The first-order valence-electron chi connectivity index (χ1n) is 8.32. The van der Waals surface area contributed by atoms with Gasteiger partial charge in [-0.3, -0.25) is 9.59 Å². The number of hydrogen-bond donors (Lipinski definition) is 3. The van der Waals surface area contributed by atoms with Gasteiger partial charge in [-0.15, -0.1) is 0 Å². The molecule has 1 aliphatic heterocycles. The molecule has 0 saturated carbocycles. The molecule has 5 heteroatoms. The SMILES string of the molecule is CCC(CC)(CCO)CNC(=O)C1CC(=O)Nc2ccccc21. The summed E-state index contributed by atoms with van der Waals surface area (Å²) in [7, 11) is 0. The number of nitrogens with one attached hydrogen (secondary N) is 2. The second-order valence-electron chi connectivity index (χ2n) is 6.29. The van der Waals surface area contributed by atoms with Crippen molar-refractivity contribution in [3.8, 4) is 0 Å². The number of aliphatic hydroxyl groups is 1. The van der Waals surface area contributed by atoms with Gasteiger partial charge in [0, 0.05) is 25.3 Å². The molecular weight excluding hydrogens is 292 g/mol. The zero-order valence-corrected chi connectivity index (χ0v) is 13.9. The van der Waals surface area contributed by atoms with Crippen molar-refractivity contribution in [2.75, 3.05) is 18.5 Å². The molecule has 0 aliphatic carbocycles. The van der Waals surface area contributed by atoms with Crippen LogP contribution in [0.25, 0.3) is 0 Å². The summed E-state index contributed by atoms with van der Waals surface area (Å²) >= 11 is 0. The summed E-state index contributed by atoms with van der Waals surface area (Å²) in [6, 6.07) is 7.44. The lowest BCUT2D eigenvalue weighted by Crippen LogP contribution is -2.41. The standard InChI is InChI=1S/C18H26N2O3/c1-3-18(4-2,9-10-21)12-19-17(23)14-11-16(22)20-15-8-6-5-7-13(14)15/h5-8,14,21H,3-4,9-12H2,1-2H3,(H,19,23)(H,20,22). The number of hydrogen-bond acceptors (Lipinski definition) is 3. The highest BCUT2D eigenvalue weighted by atomic mass is 16.3. The third kappa shape index (κ3) is 3.91. The molecule has 0 bridgehead atoms. The molecule has 0 radical (unpaired) electrons. The lowest BCUT2D eigenvalue weighted by Gasteiger charge is -2.32. The molecule has 3 N–H and O–H groups in total. The minimum absolute atomic E-state index is 0.0825. The fourth-order valence-electron chi connectivity index (χ4n) is 3.22. The van der Waals surface area contributed by atoms with E-state index in [1.807, 2.05) is 24.3 Å². The fourth-order valence-corrected chi connectivity index (χ4v) is 3.22. The van der Waals surface area contributed by atoms with Crippen molar-refractivity contribution in [1.29, 1.82) is 0 Å². The molecule has 1 aliphatic rings. The number of aliphatic hydroxyl groups excluding tert-OH is 1. The zero-order chi connectivity index (χ0) is 16.9. The van der Waals surface area contributed by atoms with Crippen LogP contribution in [-0.4, -0.2) is 30.1 Å². The van der Waals surface area contributed by atoms with E-state index in [1.165, 1.54) is 0 Å². The molecule has 1 atom stereocenters. The largest absolute Gasteiger partial charge is 0.396 e. The molecule has 5 nitrogen and oxygen atoms in total. The summed E-state index contributed by atoms with van der Waals surface area (Å²) in [5.41, 5.74) is 1.50. The van der Waals surface area contributed by atoms with Crippen LogP contribution in [0.15, 0.2) is 24.3 Å². The van der Waals surface area contributed by atoms with Gasteiger partial charge in [0.2, 0.25) is 11.8 Å². The number of carbonyl (C=O) groups is 2. The molecule has 23 heavy (non-hydrogen) atoms. The van der Waals surface area contributed by atoms with Crippen molar-refractivity contribution in [1.82, 2.24) is 5.32 Å². The second-order valence-corrected chi connectivity index (χ2v) is 6.29. The van der Waals surface area contributed by atoms with E-state index in [2.05, 4.69) is 24.5 Å². The van der Waals surface area contributed by atoms with Crippen molar-refractivity contribution in [2.24, 2.45) is 5.41 Å². The van der Waals surface area contributed by atoms with E-state index in [0.717, 1.165) is 24.1 Å². The lowest BCUT2D eigenvalue weighted by molar-refractivity contribution is -0.126. The molecule has 126 valence electrons. The van der Waals surface area contributed by atoms with Gasteiger partial charge in [-0.1, -0.05) is 32.0 Å². The van der Waals surface area contributed by atoms with Crippen LogP contribution in [0.3, 0.4) is 0 Å². The minimum Gasteiger partial charge on any atom is -0.396 e. The van der Waals surface area contributed by atoms with Gasteiger partial charge in [0.1, 0.15) is 0 Å². The Hall–Kier alpha value is -1.88.